The SMILES string of the molecule is CN(CCc1cc[nH]c1)CC(O)CC(=O)O. The lowest BCUT2D eigenvalue weighted by Gasteiger charge is -2.19. The van der Waals surface area contributed by atoms with Gasteiger partial charge in [-0.2, -0.15) is 0 Å². The summed E-state index contributed by atoms with van der Waals surface area (Å²) in [7, 11) is 1.87. The van der Waals surface area contributed by atoms with Crippen molar-refractivity contribution in [1.82, 2.24) is 9.88 Å². The molecule has 1 unspecified atom stereocenters. The molecule has 0 aliphatic heterocycles. The van der Waals surface area contributed by atoms with Gasteiger partial charge in [0.2, 0.25) is 0 Å². The number of aromatic amines is 1. The second-order valence-electron chi connectivity index (χ2n) is 3.98. The van der Waals surface area contributed by atoms with E-state index in [1.165, 1.54) is 5.56 Å². The molecule has 1 rings (SSSR count). The van der Waals surface area contributed by atoms with Crippen molar-refractivity contribution in [3.05, 3.63) is 24.0 Å². The monoisotopic (exact) mass is 226 g/mol. The number of aliphatic hydroxyl groups is 1. The molecule has 1 aromatic heterocycles. The van der Waals surface area contributed by atoms with Crippen LogP contribution in [0.5, 0.6) is 0 Å². The van der Waals surface area contributed by atoms with Crippen LogP contribution >= 0.6 is 0 Å². The summed E-state index contributed by atoms with van der Waals surface area (Å²) in [6.45, 7) is 1.19. The highest BCUT2D eigenvalue weighted by molar-refractivity contribution is 5.67. The summed E-state index contributed by atoms with van der Waals surface area (Å²) in [6, 6.07) is 2.00. The van der Waals surface area contributed by atoms with Crippen molar-refractivity contribution in [3.63, 3.8) is 0 Å². The van der Waals surface area contributed by atoms with Gasteiger partial charge in [0, 0.05) is 25.5 Å². The van der Waals surface area contributed by atoms with Crippen molar-refractivity contribution in [2.75, 3.05) is 20.1 Å². The van der Waals surface area contributed by atoms with Gasteiger partial charge in [0.05, 0.1) is 12.5 Å². The number of hydrogen-bond donors (Lipinski definition) is 3. The van der Waals surface area contributed by atoms with Crippen LogP contribution in [0.3, 0.4) is 0 Å². The zero-order valence-electron chi connectivity index (χ0n) is 9.39. The van der Waals surface area contributed by atoms with Crippen molar-refractivity contribution >= 4 is 5.97 Å². The maximum atomic E-state index is 10.4. The Morgan fingerprint density at radius 3 is 2.94 bits per heavy atom. The molecule has 1 atom stereocenters. The number of nitrogens with one attached hydrogen (secondary N) is 1. The highest BCUT2D eigenvalue weighted by Crippen LogP contribution is 2.01. The normalized spacial score (nSPS) is 12.9. The lowest BCUT2D eigenvalue weighted by molar-refractivity contribution is -0.139. The van der Waals surface area contributed by atoms with Gasteiger partial charge >= 0.3 is 5.97 Å². The van der Waals surface area contributed by atoms with Gasteiger partial charge < -0.3 is 20.1 Å². The molecule has 90 valence electrons. The summed E-state index contributed by atoms with van der Waals surface area (Å²) in [5.74, 6) is -0.966. The third kappa shape index (κ3) is 4.95. The van der Waals surface area contributed by atoms with E-state index < -0.39 is 12.1 Å². The van der Waals surface area contributed by atoms with Gasteiger partial charge in [0.25, 0.3) is 0 Å². The second-order valence-corrected chi connectivity index (χ2v) is 3.98. The average molecular weight is 226 g/mol. The van der Waals surface area contributed by atoms with Gasteiger partial charge in [-0.3, -0.25) is 4.79 Å². The molecule has 0 aliphatic carbocycles. The van der Waals surface area contributed by atoms with Crippen LogP contribution < -0.4 is 0 Å². The fourth-order valence-corrected chi connectivity index (χ4v) is 1.55. The Balaban J connectivity index is 2.20. The molecule has 0 saturated heterocycles. The van der Waals surface area contributed by atoms with Gasteiger partial charge in [-0.05, 0) is 25.1 Å². The van der Waals surface area contributed by atoms with Gasteiger partial charge in [-0.1, -0.05) is 0 Å². The van der Waals surface area contributed by atoms with Gasteiger partial charge in [-0.25, -0.2) is 0 Å². The maximum absolute atomic E-state index is 10.4. The van der Waals surface area contributed by atoms with Crippen LogP contribution in [0.2, 0.25) is 0 Å². The zero-order chi connectivity index (χ0) is 12.0. The van der Waals surface area contributed by atoms with Crippen molar-refractivity contribution in [2.24, 2.45) is 0 Å². The van der Waals surface area contributed by atoms with Crippen LogP contribution in [-0.4, -0.2) is 52.3 Å². The third-order valence-corrected chi connectivity index (χ3v) is 2.38. The molecular weight excluding hydrogens is 208 g/mol. The van der Waals surface area contributed by atoms with Crippen LogP contribution in [-0.2, 0) is 11.2 Å². The predicted molar refractivity (Wildman–Crippen MR) is 60.3 cm³/mol. The minimum Gasteiger partial charge on any atom is -0.481 e. The largest absolute Gasteiger partial charge is 0.481 e. The summed E-state index contributed by atoms with van der Waals surface area (Å²) < 4.78 is 0. The Labute approximate surface area is 94.7 Å². The summed E-state index contributed by atoms with van der Waals surface area (Å²) in [5.41, 5.74) is 1.21. The quantitative estimate of drug-likeness (QED) is 0.626. The lowest BCUT2D eigenvalue weighted by atomic mass is 10.2. The summed E-state index contributed by atoms with van der Waals surface area (Å²) in [5, 5.41) is 17.9. The molecule has 1 heterocycles. The highest BCUT2D eigenvalue weighted by Gasteiger charge is 2.11. The fourth-order valence-electron chi connectivity index (χ4n) is 1.55. The van der Waals surface area contributed by atoms with Crippen molar-refractivity contribution in [2.45, 2.75) is 18.9 Å². The first-order valence-electron chi connectivity index (χ1n) is 5.28. The molecule has 0 spiro atoms. The van der Waals surface area contributed by atoms with Gasteiger partial charge in [0.15, 0.2) is 0 Å². The molecule has 5 nitrogen and oxygen atoms in total. The number of aromatic nitrogens is 1. The van der Waals surface area contributed by atoms with Crippen molar-refractivity contribution in [3.8, 4) is 0 Å². The predicted octanol–water partition coefficient (Wildman–Crippen LogP) is 0.325. The average Bonchev–Trinajstić information content (AvgIpc) is 2.65. The summed E-state index contributed by atoms with van der Waals surface area (Å²) in [4.78, 5) is 15.3. The topological polar surface area (TPSA) is 76.6 Å². The molecule has 0 aromatic carbocycles. The minimum atomic E-state index is -0.966. The third-order valence-electron chi connectivity index (χ3n) is 2.38. The molecule has 0 fully saturated rings. The van der Waals surface area contributed by atoms with Crippen LogP contribution in [0.25, 0.3) is 0 Å². The Morgan fingerprint density at radius 2 is 2.38 bits per heavy atom. The number of carbonyl (C=O) groups is 1. The van der Waals surface area contributed by atoms with E-state index in [2.05, 4.69) is 4.98 Å². The molecule has 0 bridgehead atoms. The number of rotatable bonds is 7. The number of nitrogens with zero attached hydrogens (tertiary/aromatic N) is 1. The van der Waals surface area contributed by atoms with Gasteiger partial charge in [-0.15, -0.1) is 0 Å². The smallest absolute Gasteiger partial charge is 0.306 e. The standard InChI is InChI=1S/C11H18N2O3/c1-13(8-10(14)6-11(15)16)5-3-9-2-4-12-7-9/h2,4,7,10,12,14H,3,5-6,8H2,1H3,(H,15,16). The second kappa shape index (κ2) is 6.30. The number of hydrogen-bond acceptors (Lipinski definition) is 3. The first-order chi connectivity index (χ1) is 7.58. The van der Waals surface area contributed by atoms with Crippen LogP contribution in [0.1, 0.15) is 12.0 Å². The van der Waals surface area contributed by atoms with Gasteiger partial charge in [0.1, 0.15) is 0 Å². The first kappa shape index (κ1) is 12.7. The van der Waals surface area contributed by atoms with Crippen LogP contribution in [0, 0.1) is 0 Å². The van der Waals surface area contributed by atoms with E-state index in [1.54, 1.807) is 0 Å². The lowest BCUT2D eigenvalue weighted by Crippen LogP contribution is -2.32. The number of aliphatic hydroxyl groups excluding tert-OH is 1. The zero-order valence-corrected chi connectivity index (χ0v) is 9.39. The van der Waals surface area contributed by atoms with E-state index in [1.807, 2.05) is 30.4 Å². The van der Waals surface area contributed by atoms with E-state index in [0.717, 1.165) is 13.0 Å². The number of carboxylic acid groups (broad SMARTS) is 1. The van der Waals surface area contributed by atoms with Crippen molar-refractivity contribution in [1.29, 1.82) is 0 Å². The number of H-pyrrole nitrogens is 1. The Kier molecular flexibility index (Phi) is 5.01. The number of likely N-dealkylation sites (N-methyl/N-ethyl adjacent to an activating group) is 1. The van der Waals surface area contributed by atoms with E-state index in [4.69, 9.17) is 5.11 Å². The maximum Gasteiger partial charge on any atom is 0.306 e. The minimum absolute atomic E-state index is 0.200. The van der Waals surface area contributed by atoms with E-state index in [-0.39, 0.29) is 6.42 Å². The highest BCUT2D eigenvalue weighted by atomic mass is 16.4. The molecule has 0 radical (unpaired) electrons. The van der Waals surface area contributed by atoms with Crippen LogP contribution in [0.15, 0.2) is 18.5 Å². The van der Waals surface area contributed by atoms with E-state index in [9.17, 15) is 9.90 Å². The molecule has 0 saturated carbocycles. The van der Waals surface area contributed by atoms with E-state index in [0.29, 0.717) is 6.54 Å². The first-order valence-corrected chi connectivity index (χ1v) is 5.28. The van der Waals surface area contributed by atoms with Crippen molar-refractivity contribution < 1.29 is 15.0 Å². The molecule has 3 N–H and O–H groups in total. The molecule has 1 aromatic rings. The Morgan fingerprint density at radius 1 is 1.62 bits per heavy atom. The number of aliphatic carboxylic acids is 1. The molecule has 0 aliphatic rings. The molecule has 0 amide bonds. The summed E-state index contributed by atoms with van der Waals surface area (Å²) >= 11 is 0. The molecule has 16 heavy (non-hydrogen) atoms. The summed E-state index contributed by atoms with van der Waals surface area (Å²) in [6.07, 6.45) is 3.69. The van der Waals surface area contributed by atoms with E-state index >= 15 is 0 Å². The van der Waals surface area contributed by atoms with Crippen LogP contribution in [0.4, 0.5) is 0 Å². The fraction of sp³-hybridized carbons (Fsp3) is 0.545. The Bertz CT molecular complexity index is 311. The number of carboxylic acids is 1. The Hall–Kier alpha value is -1.33. The molecule has 5 heteroatoms. The molecular formula is C11H18N2O3.